The summed E-state index contributed by atoms with van der Waals surface area (Å²) in [6.07, 6.45) is 5.60. The normalized spacial score (nSPS) is 15.2. The average molecular weight is 302 g/mol. The Bertz CT molecular complexity index is 814. The summed E-state index contributed by atoms with van der Waals surface area (Å²) in [6.45, 7) is 3.87. The summed E-state index contributed by atoms with van der Waals surface area (Å²) in [5, 5.41) is 3.40. The van der Waals surface area contributed by atoms with E-state index >= 15 is 0 Å². The summed E-state index contributed by atoms with van der Waals surface area (Å²) in [7, 11) is 1.79. The molecule has 0 aliphatic carbocycles. The van der Waals surface area contributed by atoms with Gasteiger partial charge in [-0.15, -0.1) is 0 Å². The Balaban J connectivity index is 2.04. The van der Waals surface area contributed by atoms with Crippen LogP contribution in [-0.4, -0.2) is 19.2 Å². The maximum absolute atomic E-state index is 10.8. The van der Waals surface area contributed by atoms with Crippen LogP contribution in [0.3, 0.4) is 0 Å². The monoisotopic (exact) mass is 302 g/mol. The molecule has 1 heterocycles. The maximum Gasteiger partial charge on any atom is 0.150 e. The lowest BCUT2D eigenvalue weighted by atomic mass is 10.0. The van der Waals surface area contributed by atoms with Gasteiger partial charge in [0.25, 0.3) is 0 Å². The van der Waals surface area contributed by atoms with Crippen molar-refractivity contribution >= 4 is 23.9 Å². The highest BCUT2D eigenvalue weighted by atomic mass is 16.1. The van der Waals surface area contributed by atoms with Crippen molar-refractivity contribution in [3.05, 3.63) is 71.8 Å². The summed E-state index contributed by atoms with van der Waals surface area (Å²) in [5.74, 6) is 0.920. The molecular weight excluding hydrogens is 284 g/mol. The zero-order valence-corrected chi connectivity index (χ0v) is 13.0. The van der Waals surface area contributed by atoms with Gasteiger partial charge < -0.3 is 5.32 Å². The van der Waals surface area contributed by atoms with Crippen molar-refractivity contribution in [1.29, 1.82) is 0 Å². The average Bonchev–Trinajstić information content (AvgIpc) is 2.79. The summed E-state index contributed by atoms with van der Waals surface area (Å²) < 4.78 is 0. The topological polar surface area (TPSA) is 41.5 Å². The second kappa shape index (κ2) is 6.44. The fourth-order valence-corrected chi connectivity index (χ4v) is 2.63. The van der Waals surface area contributed by atoms with Crippen LogP contribution in [0.15, 0.2) is 65.7 Å². The summed E-state index contributed by atoms with van der Waals surface area (Å²) >= 11 is 0. The van der Waals surface area contributed by atoms with Gasteiger partial charge in [0.2, 0.25) is 0 Å². The van der Waals surface area contributed by atoms with E-state index in [1.54, 1.807) is 7.05 Å². The number of nitrogens with zero attached hydrogens (tertiary/aromatic N) is 1. The number of aliphatic imine (C=N–C) groups is 1. The number of fused-ring (bicyclic) bond motifs is 1. The van der Waals surface area contributed by atoms with E-state index in [0.717, 1.165) is 46.5 Å². The molecule has 0 radical (unpaired) electrons. The van der Waals surface area contributed by atoms with Crippen LogP contribution in [0.1, 0.15) is 22.3 Å². The number of rotatable bonds is 3. The van der Waals surface area contributed by atoms with Gasteiger partial charge in [0.1, 0.15) is 12.1 Å². The number of carbonyl (C=O) groups excluding carboxylic acids is 1. The van der Waals surface area contributed by atoms with E-state index in [9.17, 15) is 4.79 Å². The van der Waals surface area contributed by atoms with Crippen molar-refractivity contribution in [2.24, 2.45) is 4.99 Å². The molecule has 0 bridgehead atoms. The van der Waals surface area contributed by atoms with Crippen molar-refractivity contribution in [2.45, 2.75) is 6.42 Å². The van der Waals surface area contributed by atoms with Crippen molar-refractivity contribution in [2.75, 3.05) is 12.4 Å². The number of aldehydes is 1. The van der Waals surface area contributed by atoms with Crippen LogP contribution < -0.4 is 5.32 Å². The van der Waals surface area contributed by atoms with Crippen molar-refractivity contribution in [1.82, 2.24) is 0 Å². The molecule has 3 nitrogen and oxygen atoms in total. The van der Waals surface area contributed by atoms with Gasteiger partial charge >= 0.3 is 0 Å². The number of amidine groups is 1. The number of carbonyl (C=O) groups is 1. The van der Waals surface area contributed by atoms with Gasteiger partial charge in [-0.25, -0.2) is 0 Å². The quantitative estimate of drug-likeness (QED) is 0.843. The Morgan fingerprint density at radius 2 is 1.87 bits per heavy atom. The molecule has 2 aromatic rings. The summed E-state index contributed by atoms with van der Waals surface area (Å²) in [6, 6.07) is 13.9. The molecule has 0 spiro atoms. The summed E-state index contributed by atoms with van der Waals surface area (Å²) in [4.78, 5) is 15.1. The van der Waals surface area contributed by atoms with Gasteiger partial charge in [-0.1, -0.05) is 49.1 Å². The van der Waals surface area contributed by atoms with Crippen molar-refractivity contribution in [3.63, 3.8) is 0 Å². The summed E-state index contributed by atoms with van der Waals surface area (Å²) in [5.41, 5.74) is 6.14. The molecule has 3 rings (SSSR count). The highest BCUT2D eigenvalue weighted by Gasteiger charge is 2.12. The van der Waals surface area contributed by atoms with Crippen LogP contribution in [0.4, 0.5) is 5.69 Å². The fraction of sp³-hybridized carbons (Fsp3) is 0.100. The number of anilines is 1. The first kappa shape index (κ1) is 15.0. The Hall–Kier alpha value is -2.94. The van der Waals surface area contributed by atoms with Gasteiger partial charge in [-0.05, 0) is 34.4 Å². The van der Waals surface area contributed by atoms with Crippen molar-refractivity contribution in [3.8, 4) is 11.1 Å². The highest BCUT2D eigenvalue weighted by Crippen LogP contribution is 2.30. The molecule has 0 saturated heterocycles. The molecule has 1 aliphatic heterocycles. The first-order valence-corrected chi connectivity index (χ1v) is 7.49. The number of hydrogen-bond donors (Lipinski definition) is 1. The molecule has 2 aromatic carbocycles. The van der Waals surface area contributed by atoms with E-state index in [1.165, 1.54) is 0 Å². The Morgan fingerprint density at radius 3 is 2.52 bits per heavy atom. The van der Waals surface area contributed by atoms with Gasteiger partial charge in [0.05, 0.1) is 0 Å². The Labute approximate surface area is 136 Å². The van der Waals surface area contributed by atoms with Crippen LogP contribution in [0.5, 0.6) is 0 Å². The SMILES string of the molecule is C=CC1=Cc2ccc(-c3ccc(C=O)cc3)cc2NC(=NC)C1. The first-order chi connectivity index (χ1) is 11.2. The van der Waals surface area contributed by atoms with E-state index in [0.29, 0.717) is 5.56 Å². The fourth-order valence-electron chi connectivity index (χ4n) is 2.63. The van der Waals surface area contributed by atoms with Gasteiger partial charge in [-0.2, -0.15) is 0 Å². The Morgan fingerprint density at radius 1 is 1.13 bits per heavy atom. The lowest BCUT2D eigenvalue weighted by Crippen LogP contribution is -2.11. The lowest BCUT2D eigenvalue weighted by molar-refractivity contribution is 0.112. The molecule has 0 saturated carbocycles. The number of hydrogen-bond acceptors (Lipinski definition) is 2. The van der Waals surface area contributed by atoms with E-state index in [-0.39, 0.29) is 0 Å². The second-order valence-electron chi connectivity index (χ2n) is 5.44. The van der Waals surface area contributed by atoms with E-state index in [4.69, 9.17) is 0 Å². The largest absolute Gasteiger partial charge is 0.343 e. The number of allylic oxidation sites excluding steroid dienone is 1. The molecule has 0 fully saturated rings. The third-order valence-corrected chi connectivity index (χ3v) is 3.96. The molecule has 0 aromatic heterocycles. The molecule has 0 amide bonds. The smallest absolute Gasteiger partial charge is 0.150 e. The second-order valence-corrected chi connectivity index (χ2v) is 5.44. The van der Waals surface area contributed by atoms with Gasteiger partial charge in [0.15, 0.2) is 0 Å². The zero-order chi connectivity index (χ0) is 16.2. The van der Waals surface area contributed by atoms with Crippen LogP contribution in [0.2, 0.25) is 0 Å². The van der Waals surface area contributed by atoms with Gasteiger partial charge in [0, 0.05) is 24.7 Å². The Kier molecular flexibility index (Phi) is 4.20. The van der Waals surface area contributed by atoms with E-state index in [2.05, 4.69) is 41.2 Å². The first-order valence-electron chi connectivity index (χ1n) is 7.49. The number of nitrogens with one attached hydrogen (secondary N) is 1. The number of benzene rings is 2. The minimum Gasteiger partial charge on any atom is -0.343 e. The third-order valence-electron chi connectivity index (χ3n) is 3.96. The highest BCUT2D eigenvalue weighted by molar-refractivity contribution is 6.02. The van der Waals surface area contributed by atoms with Crippen LogP contribution in [0, 0.1) is 0 Å². The maximum atomic E-state index is 10.8. The van der Waals surface area contributed by atoms with Crippen molar-refractivity contribution < 1.29 is 4.79 Å². The molecule has 1 N–H and O–H groups in total. The predicted octanol–water partition coefficient (Wildman–Crippen LogP) is 4.58. The van der Waals surface area contributed by atoms with Gasteiger partial charge in [-0.3, -0.25) is 9.79 Å². The molecule has 0 atom stereocenters. The molecule has 3 heteroatoms. The molecule has 0 unspecified atom stereocenters. The third kappa shape index (κ3) is 3.14. The molecular formula is C20H18N2O. The van der Waals surface area contributed by atoms with E-state index in [1.807, 2.05) is 30.3 Å². The molecule has 1 aliphatic rings. The molecule has 23 heavy (non-hydrogen) atoms. The zero-order valence-electron chi connectivity index (χ0n) is 13.0. The van der Waals surface area contributed by atoms with Crippen LogP contribution >= 0.6 is 0 Å². The minimum absolute atomic E-state index is 0.681. The standard InChI is InChI=1S/C20H18N2O/c1-3-14-10-18-9-8-17(12-19(18)22-20(11-14)21-2)16-6-4-15(13-23)5-7-16/h3-10,12-13H,1,11H2,2H3,(H,21,22). The predicted molar refractivity (Wildman–Crippen MR) is 97.0 cm³/mol. The lowest BCUT2D eigenvalue weighted by Gasteiger charge is -2.11. The minimum atomic E-state index is 0.681. The van der Waals surface area contributed by atoms with Crippen LogP contribution in [-0.2, 0) is 0 Å². The molecule has 114 valence electrons. The van der Waals surface area contributed by atoms with Crippen LogP contribution in [0.25, 0.3) is 17.2 Å². The van der Waals surface area contributed by atoms with E-state index < -0.39 is 0 Å².